The van der Waals surface area contributed by atoms with Gasteiger partial charge in [-0.2, -0.15) is 0 Å². The van der Waals surface area contributed by atoms with E-state index in [0.29, 0.717) is 45.3 Å². The molecular formula is C55H83N3O4. The van der Waals surface area contributed by atoms with Crippen LogP contribution in [0.3, 0.4) is 0 Å². The normalized spacial score (nSPS) is 18.4. The first-order valence-electron chi connectivity index (χ1n) is 23.5. The Balaban J connectivity index is 1.94. The fourth-order valence-electron chi connectivity index (χ4n) is 8.36. The predicted molar refractivity (Wildman–Crippen MR) is 262 cm³/mol. The maximum atomic E-state index is 13.4. The first kappa shape index (κ1) is 53.6. The quantitative estimate of drug-likeness (QED) is 0.0483. The molecule has 3 amide bonds. The van der Waals surface area contributed by atoms with Gasteiger partial charge in [0, 0.05) is 44.5 Å². The molecule has 7 nitrogen and oxygen atoms in total. The highest BCUT2D eigenvalue weighted by Crippen LogP contribution is 2.41. The first-order chi connectivity index (χ1) is 29.3. The number of carbonyl (C=O) groups excluding carboxylic acids is 4. The average Bonchev–Trinajstić information content (AvgIpc) is 3.18. The maximum Gasteiger partial charge on any atom is 0.244 e. The number of allylic oxidation sites excluding steroid dienone is 19. The molecule has 0 aromatic rings. The number of hydrogen-bond donors (Lipinski definition) is 3. The van der Waals surface area contributed by atoms with E-state index in [0.717, 1.165) is 48.0 Å². The van der Waals surface area contributed by atoms with Crippen LogP contribution in [0.2, 0.25) is 0 Å². The zero-order chi connectivity index (χ0) is 46.1. The van der Waals surface area contributed by atoms with Gasteiger partial charge in [-0.05, 0) is 151 Å². The molecule has 0 aromatic carbocycles. The highest BCUT2D eigenvalue weighted by molar-refractivity contribution is 5.94. The van der Waals surface area contributed by atoms with Gasteiger partial charge in [0.25, 0.3) is 0 Å². The molecule has 0 bridgehead atoms. The lowest BCUT2D eigenvalue weighted by Gasteiger charge is -2.33. The molecule has 2 aliphatic rings. The number of rotatable bonds is 25. The summed E-state index contributed by atoms with van der Waals surface area (Å²) in [7, 11) is 0. The molecule has 0 aromatic heterocycles. The Morgan fingerprint density at radius 1 is 0.613 bits per heavy atom. The number of amides is 3. The highest BCUT2D eigenvalue weighted by atomic mass is 16.2. The summed E-state index contributed by atoms with van der Waals surface area (Å²) in [5.41, 5.74) is 10.2. The molecule has 0 fully saturated rings. The van der Waals surface area contributed by atoms with Crippen molar-refractivity contribution in [3.63, 3.8) is 0 Å². The molecular weight excluding hydrogens is 767 g/mol. The fraction of sp³-hybridized carbons (Fsp3) is 0.564. The molecule has 342 valence electrons. The van der Waals surface area contributed by atoms with Gasteiger partial charge in [-0.25, -0.2) is 0 Å². The molecule has 0 aliphatic heterocycles. The Labute approximate surface area is 377 Å². The smallest absolute Gasteiger partial charge is 0.244 e. The topological polar surface area (TPSA) is 104 Å². The van der Waals surface area contributed by atoms with E-state index in [1.807, 2.05) is 45.1 Å². The summed E-state index contributed by atoms with van der Waals surface area (Å²) in [5.74, 6) is -0.758. The van der Waals surface area contributed by atoms with Gasteiger partial charge in [-0.15, -0.1) is 0 Å². The van der Waals surface area contributed by atoms with E-state index in [1.165, 1.54) is 54.4 Å². The van der Waals surface area contributed by atoms with Crippen molar-refractivity contribution >= 4 is 23.5 Å². The van der Waals surface area contributed by atoms with E-state index in [-0.39, 0.29) is 40.8 Å². The summed E-state index contributed by atoms with van der Waals surface area (Å²) in [6.07, 6.45) is 36.4. The summed E-state index contributed by atoms with van der Waals surface area (Å²) < 4.78 is 0. The molecule has 2 rings (SSSR count). The minimum atomic E-state index is -0.460. The van der Waals surface area contributed by atoms with Crippen LogP contribution in [-0.4, -0.2) is 43.1 Å². The van der Waals surface area contributed by atoms with Crippen LogP contribution in [0.1, 0.15) is 166 Å². The van der Waals surface area contributed by atoms with Crippen LogP contribution in [0.25, 0.3) is 0 Å². The number of ketones is 1. The maximum absolute atomic E-state index is 13.4. The van der Waals surface area contributed by atoms with Gasteiger partial charge in [0.2, 0.25) is 17.7 Å². The van der Waals surface area contributed by atoms with Crippen LogP contribution < -0.4 is 16.0 Å². The molecule has 62 heavy (non-hydrogen) atoms. The monoisotopic (exact) mass is 850 g/mol. The Bertz CT molecular complexity index is 1840. The van der Waals surface area contributed by atoms with Gasteiger partial charge in [0.1, 0.15) is 0 Å². The number of nitrogens with one attached hydrogen (secondary N) is 3. The molecule has 0 saturated heterocycles. The number of carbonyl (C=O) groups is 4. The van der Waals surface area contributed by atoms with E-state index in [1.54, 1.807) is 12.2 Å². The minimum Gasteiger partial charge on any atom is -0.356 e. The molecule has 1 atom stereocenters. The lowest BCUT2D eigenvalue weighted by atomic mass is 9.72. The molecule has 2 aliphatic carbocycles. The SMILES string of the molecule is CCC(=O)NCCCCCNC(=O)C(CCCCNC(=O)/C=C(C)/C=C/C=C(C)/C=C/C1=C(C)CCCC1(C)C)CC(=O)/C=C(C)/C=C/C=C(C)/C=C/C1=C(C)CCCC1(C)C. The van der Waals surface area contributed by atoms with E-state index in [2.05, 4.69) is 108 Å². The van der Waals surface area contributed by atoms with Crippen molar-refractivity contribution in [2.45, 2.75) is 166 Å². The third kappa shape index (κ3) is 21.5. The highest BCUT2D eigenvalue weighted by Gasteiger charge is 2.27. The van der Waals surface area contributed by atoms with Gasteiger partial charge >= 0.3 is 0 Å². The Hall–Kier alpha value is -4.52. The van der Waals surface area contributed by atoms with Crippen LogP contribution >= 0.6 is 0 Å². The largest absolute Gasteiger partial charge is 0.356 e. The molecule has 0 heterocycles. The van der Waals surface area contributed by atoms with Gasteiger partial charge in [0.15, 0.2) is 5.78 Å². The molecule has 0 spiro atoms. The number of unbranched alkanes of at least 4 members (excludes halogenated alkanes) is 3. The first-order valence-corrected chi connectivity index (χ1v) is 23.5. The second-order valence-corrected chi connectivity index (χ2v) is 19.1. The zero-order valence-corrected chi connectivity index (χ0v) is 40.7. The summed E-state index contributed by atoms with van der Waals surface area (Å²) >= 11 is 0. The second-order valence-electron chi connectivity index (χ2n) is 19.1. The zero-order valence-electron chi connectivity index (χ0n) is 40.7. The van der Waals surface area contributed by atoms with Crippen molar-refractivity contribution in [2.75, 3.05) is 19.6 Å². The van der Waals surface area contributed by atoms with Crippen molar-refractivity contribution in [1.29, 1.82) is 0 Å². The molecule has 3 N–H and O–H groups in total. The Kier molecular flexibility index (Phi) is 24.4. The van der Waals surface area contributed by atoms with Crippen molar-refractivity contribution in [3.8, 4) is 0 Å². The second kappa shape index (κ2) is 28.2. The van der Waals surface area contributed by atoms with E-state index < -0.39 is 5.92 Å². The standard InChI is InChI=1S/C55H83N3O4/c1-12-51(60)56-35-15-13-16-37-58-53(62)47(40-48(59)38-43(4)24-18-22-41(2)29-31-49-45(6)26-20-33-54(49,8)9)28-14-17-36-57-52(61)39-44(5)25-19-23-42(3)30-32-50-46(7)27-21-34-55(50,10)11/h18-19,22-25,29-32,38-39,47H,12-17,20-21,26-28,33-37,40H2,1-11H3,(H,56,60)(H,57,61)(H,58,62)/b24-18+,25-19+,31-29+,32-30+,41-22+,42-23+,43-38+,44-39+. The van der Waals surface area contributed by atoms with Crippen molar-refractivity contribution in [2.24, 2.45) is 16.7 Å². The summed E-state index contributed by atoms with van der Waals surface area (Å²) in [6.45, 7) is 25.3. The Morgan fingerprint density at radius 3 is 1.61 bits per heavy atom. The van der Waals surface area contributed by atoms with Crippen LogP contribution in [0.4, 0.5) is 0 Å². The van der Waals surface area contributed by atoms with Crippen molar-refractivity contribution in [1.82, 2.24) is 16.0 Å². The van der Waals surface area contributed by atoms with Crippen LogP contribution in [-0.2, 0) is 19.2 Å². The van der Waals surface area contributed by atoms with E-state index >= 15 is 0 Å². The predicted octanol–water partition coefficient (Wildman–Crippen LogP) is 12.7. The summed E-state index contributed by atoms with van der Waals surface area (Å²) in [5, 5.41) is 8.91. The lowest BCUT2D eigenvalue weighted by molar-refractivity contribution is -0.128. The van der Waals surface area contributed by atoms with Crippen LogP contribution in [0, 0.1) is 16.7 Å². The molecule has 0 saturated carbocycles. The van der Waals surface area contributed by atoms with Gasteiger partial charge in [0.05, 0.1) is 0 Å². The summed E-state index contributed by atoms with van der Waals surface area (Å²) in [6, 6.07) is 0. The van der Waals surface area contributed by atoms with Gasteiger partial charge in [-0.3, -0.25) is 19.2 Å². The lowest BCUT2D eigenvalue weighted by Crippen LogP contribution is -2.33. The molecule has 1 unspecified atom stereocenters. The van der Waals surface area contributed by atoms with Gasteiger partial charge in [-0.1, -0.05) is 124 Å². The Morgan fingerprint density at radius 2 is 1.10 bits per heavy atom. The van der Waals surface area contributed by atoms with Crippen molar-refractivity contribution < 1.29 is 19.2 Å². The molecule has 0 radical (unpaired) electrons. The molecule has 7 heteroatoms. The van der Waals surface area contributed by atoms with Crippen LogP contribution in [0.15, 0.2) is 117 Å². The summed E-state index contributed by atoms with van der Waals surface area (Å²) in [4.78, 5) is 50.8. The third-order valence-corrected chi connectivity index (χ3v) is 12.2. The van der Waals surface area contributed by atoms with E-state index in [9.17, 15) is 19.2 Å². The number of hydrogen-bond acceptors (Lipinski definition) is 4. The third-order valence-electron chi connectivity index (χ3n) is 12.2. The van der Waals surface area contributed by atoms with Crippen LogP contribution in [0.5, 0.6) is 0 Å². The fourth-order valence-corrected chi connectivity index (χ4v) is 8.36. The van der Waals surface area contributed by atoms with E-state index in [4.69, 9.17) is 0 Å². The van der Waals surface area contributed by atoms with Crippen molar-refractivity contribution in [3.05, 3.63) is 117 Å². The minimum absolute atomic E-state index is 0.0456. The van der Waals surface area contributed by atoms with Gasteiger partial charge < -0.3 is 16.0 Å². The average molecular weight is 850 g/mol.